The van der Waals surface area contributed by atoms with E-state index in [0.29, 0.717) is 12.4 Å². The van der Waals surface area contributed by atoms with Crippen LogP contribution in [0.4, 0.5) is 5.69 Å². The van der Waals surface area contributed by atoms with Gasteiger partial charge in [-0.05, 0) is 69.3 Å². The maximum atomic E-state index is 13.7. The van der Waals surface area contributed by atoms with E-state index >= 15 is 0 Å². The van der Waals surface area contributed by atoms with Gasteiger partial charge in [0.05, 0.1) is 11.9 Å². The van der Waals surface area contributed by atoms with Crippen LogP contribution in [0.15, 0.2) is 23.0 Å². The van der Waals surface area contributed by atoms with E-state index in [-0.39, 0.29) is 18.0 Å². The molecule has 0 saturated heterocycles. The predicted molar refractivity (Wildman–Crippen MR) is 132 cm³/mol. The molecule has 32 heavy (non-hydrogen) atoms. The molecule has 1 aromatic carbocycles. The van der Waals surface area contributed by atoms with Crippen LogP contribution in [0.3, 0.4) is 0 Å². The van der Waals surface area contributed by atoms with Crippen molar-refractivity contribution in [2.75, 3.05) is 18.4 Å². The molecule has 6 nitrogen and oxygen atoms in total. The van der Waals surface area contributed by atoms with Gasteiger partial charge in [-0.1, -0.05) is 32.0 Å². The highest BCUT2D eigenvalue weighted by molar-refractivity contribution is 7.18. The summed E-state index contributed by atoms with van der Waals surface area (Å²) in [6, 6.07) is 5.93. The summed E-state index contributed by atoms with van der Waals surface area (Å²) in [5, 5.41) is 3.76. The van der Waals surface area contributed by atoms with Crippen molar-refractivity contribution in [2.24, 2.45) is 0 Å². The van der Waals surface area contributed by atoms with Crippen LogP contribution in [-0.2, 0) is 30.7 Å². The third kappa shape index (κ3) is 4.36. The first kappa shape index (κ1) is 22.7. The number of fused-ring (bicyclic) bond motifs is 3. The third-order valence-corrected chi connectivity index (χ3v) is 7.65. The van der Waals surface area contributed by atoms with E-state index in [2.05, 4.69) is 24.1 Å². The number of anilines is 1. The first-order valence-corrected chi connectivity index (χ1v) is 12.4. The Labute approximate surface area is 193 Å². The molecule has 3 aromatic rings. The van der Waals surface area contributed by atoms with Gasteiger partial charge in [-0.15, -0.1) is 11.3 Å². The smallest absolute Gasteiger partial charge is 0.263 e. The van der Waals surface area contributed by atoms with Gasteiger partial charge in [0.15, 0.2) is 0 Å². The molecule has 0 spiro atoms. The number of carbonyl (C=O) groups excluding carboxylic acids is 1. The first-order chi connectivity index (χ1) is 15.4. The zero-order valence-electron chi connectivity index (χ0n) is 19.5. The standard InChI is InChI=1S/C25H32N4O2S/c1-5-28(6-2)14-20-26-24-22(18-12-7-8-13-19(18)32-24)25(31)29(20)15-21(30)27-23-16(3)10-9-11-17(23)4/h9-11H,5-8,12-15H2,1-4H3,(H,27,30). The van der Waals surface area contributed by atoms with E-state index in [1.807, 2.05) is 32.0 Å². The molecule has 2 aromatic heterocycles. The molecule has 1 aliphatic rings. The van der Waals surface area contributed by atoms with Crippen molar-refractivity contribution in [3.05, 3.63) is 55.9 Å². The average molecular weight is 453 g/mol. The van der Waals surface area contributed by atoms with E-state index in [9.17, 15) is 9.59 Å². The maximum Gasteiger partial charge on any atom is 0.263 e. The lowest BCUT2D eigenvalue weighted by Crippen LogP contribution is -2.34. The van der Waals surface area contributed by atoms with Gasteiger partial charge in [0.1, 0.15) is 17.2 Å². The summed E-state index contributed by atoms with van der Waals surface area (Å²) in [4.78, 5) is 36.0. The zero-order chi connectivity index (χ0) is 22.8. The number of hydrogen-bond acceptors (Lipinski definition) is 5. The fourth-order valence-electron chi connectivity index (χ4n) is 4.55. The van der Waals surface area contributed by atoms with Crippen molar-refractivity contribution < 1.29 is 4.79 Å². The van der Waals surface area contributed by atoms with E-state index in [4.69, 9.17) is 4.98 Å². The highest BCUT2D eigenvalue weighted by atomic mass is 32.1. The van der Waals surface area contributed by atoms with E-state index in [1.54, 1.807) is 15.9 Å². The number of nitrogens with one attached hydrogen (secondary N) is 1. The summed E-state index contributed by atoms with van der Waals surface area (Å²) in [6.07, 6.45) is 4.22. The lowest BCUT2D eigenvalue weighted by Gasteiger charge is -2.20. The lowest BCUT2D eigenvalue weighted by atomic mass is 9.97. The monoisotopic (exact) mass is 452 g/mol. The van der Waals surface area contributed by atoms with Crippen LogP contribution in [-0.4, -0.2) is 33.4 Å². The van der Waals surface area contributed by atoms with Crippen molar-refractivity contribution in [2.45, 2.75) is 66.5 Å². The predicted octanol–water partition coefficient (Wildman–Crippen LogP) is 4.43. The van der Waals surface area contributed by atoms with Crippen LogP contribution in [0.1, 0.15) is 54.1 Å². The van der Waals surface area contributed by atoms with Gasteiger partial charge in [-0.2, -0.15) is 0 Å². The Morgan fingerprint density at radius 1 is 1.16 bits per heavy atom. The topological polar surface area (TPSA) is 67.2 Å². The molecule has 0 bridgehead atoms. The second-order valence-corrected chi connectivity index (χ2v) is 9.67. The summed E-state index contributed by atoms with van der Waals surface area (Å²) < 4.78 is 1.60. The van der Waals surface area contributed by atoms with Crippen molar-refractivity contribution in [3.63, 3.8) is 0 Å². The van der Waals surface area contributed by atoms with Crippen LogP contribution in [0.5, 0.6) is 0 Å². The number of nitrogens with zero attached hydrogens (tertiary/aromatic N) is 3. The van der Waals surface area contributed by atoms with Gasteiger partial charge >= 0.3 is 0 Å². The Kier molecular flexibility index (Phi) is 6.76. The molecule has 4 rings (SSSR count). The minimum absolute atomic E-state index is 0.0310. The Morgan fingerprint density at radius 3 is 2.53 bits per heavy atom. The molecule has 0 aliphatic heterocycles. The number of rotatable bonds is 7. The van der Waals surface area contributed by atoms with Gasteiger partial charge in [0.25, 0.3) is 5.56 Å². The molecular formula is C25H32N4O2S. The third-order valence-electron chi connectivity index (χ3n) is 6.46. The molecule has 2 heterocycles. The van der Waals surface area contributed by atoms with Crippen LogP contribution in [0, 0.1) is 13.8 Å². The number of benzene rings is 1. The summed E-state index contributed by atoms with van der Waals surface area (Å²) in [7, 11) is 0. The molecule has 1 N–H and O–H groups in total. The van der Waals surface area contributed by atoms with Gasteiger partial charge in [-0.3, -0.25) is 19.1 Å². The Bertz CT molecular complexity index is 1190. The van der Waals surface area contributed by atoms with Crippen molar-refractivity contribution in [1.29, 1.82) is 0 Å². The second kappa shape index (κ2) is 9.55. The van der Waals surface area contributed by atoms with Crippen molar-refractivity contribution in [1.82, 2.24) is 14.5 Å². The van der Waals surface area contributed by atoms with Gasteiger partial charge in [0.2, 0.25) is 5.91 Å². The quantitative estimate of drug-likeness (QED) is 0.576. The number of carbonyl (C=O) groups is 1. The molecule has 0 unspecified atom stereocenters. The molecule has 7 heteroatoms. The number of para-hydroxylation sites is 1. The molecular weight excluding hydrogens is 420 g/mol. The van der Waals surface area contributed by atoms with E-state index in [0.717, 1.165) is 64.9 Å². The Morgan fingerprint density at radius 2 is 1.84 bits per heavy atom. The number of thiophene rings is 1. The number of aryl methyl sites for hydroxylation is 4. The van der Waals surface area contributed by atoms with Gasteiger partial charge in [-0.25, -0.2) is 4.98 Å². The van der Waals surface area contributed by atoms with E-state index in [1.165, 1.54) is 11.3 Å². The maximum absolute atomic E-state index is 13.7. The van der Waals surface area contributed by atoms with Gasteiger partial charge in [0, 0.05) is 10.6 Å². The SMILES string of the molecule is CCN(CC)Cc1nc2sc3c(c2c(=O)n1CC(=O)Nc1c(C)cccc1C)CCCC3. The second-order valence-electron chi connectivity index (χ2n) is 8.59. The summed E-state index contributed by atoms with van der Waals surface area (Å²) in [5.41, 5.74) is 3.92. The normalized spacial score (nSPS) is 13.5. The first-order valence-electron chi connectivity index (χ1n) is 11.5. The van der Waals surface area contributed by atoms with Crippen molar-refractivity contribution >= 4 is 33.1 Å². The summed E-state index contributed by atoms with van der Waals surface area (Å²) >= 11 is 1.66. The number of amides is 1. The van der Waals surface area contributed by atoms with Crippen LogP contribution in [0.25, 0.3) is 10.2 Å². The van der Waals surface area contributed by atoms with E-state index < -0.39 is 0 Å². The fourth-order valence-corrected chi connectivity index (χ4v) is 5.82. The van der Waals surface area contributed by atoms with Crippen molar-refractivity contribution in [3.8, 4) is 0 Å². The lowest BCUT2D eigenvalue weighted by molar-refractivity contribution is -0.116. The van der Waals surface area contributed by atoms with Crippen LogP contribution < -0.4 is 10.9 Å². The van der Waals surface area contributed by atoms with Crippen LogP contribution >= 0.6 is 11.3 Å². The molecule has 0 fully saturated rings. The zero-order valence-corrected chi connectivity index (χ0v) is 20.3. The summed E-state index contributed by atoms with van der Waals surface area (Å²) in [5.74, 6) is 0.469. The highest BCUT2D eigenvalue weighted by Crippen LogP contribution is 2.34. The minimum Gasteiger partial charge on any atom is -0.324 e. The Balaban J connectivity index is 1.76. The molecule has 0 radical (unpaired) electrons. The molecule has 170 valence electrons. The minimum atomic E-state index is -0.199. The summed E-state index contributed by atoms with van der Waals surface area (Å²) in [6.45, 7) is 10.4. The molecule has 1 amide bonds. The highest BCUT2D eigenvalue weighted by Gasteiger charge is 2.23. The van der Waals surface area contributed by atoms with Gasteiger partial charge < -0.3 is 5.32 Å². The Hall–Kier alpha value is -2.51. The fraction of sp³-hybridized carbons (Fsp3) is 0.480. The number of aromatic nitrogens is 2. The molecule has 1 aliphatic carbocycles. The average Bonchev–Trinajstić information content (AvgIpc) is 3.15. The number of hydrogen-bond donors (Lipinski definition) is 1. The molecule has 0 atom stereocenters. The van der Waals surface area contributed by atoms with Crippen LogP contribution in [0.2, 0.25) is 0 Å². The largest absolute Gasteiger partial charge is 0.324 e. The molecule has 0 saturated carbocycles.